The van der Waals surface area contributed by atoms with Crippen LogP contribution in [0.1, 0.15) is 29.4 Å². The molecule has 2 N–H and O–H groups in total. The molecule has 20 heavy (non-hydrogen) atoms. The van der Waals surface area contributed by atoms with Gasteiger partial charge in [0.2, 0.25) is 5.91 Å². The zero-order valence-corrected chi connectivity index (χ0v) is 12.2. The van der Waals surface area contributed by atoms with Crippen molar-refractivity contribution in [2.75, 3.05) is 18.4 Å². The van der Waals surface area contributed by atoms with Crippen molar-refractivity contribution in [1.82, 2.24) is 4.90 Å². The van der Waals surface area contributed by atoms with E-state index in [1.54, 1.807) is 12.1 Å². The Hall–Kier alpha value is -1.40. The first-order valence-corrected chi connectivity index (χ1v) is 7.71. The molecule has 3 rings (SSSR count). The summed E-state index contributed by atoms with van der Waals surface area (Å²) in [5.74, 6) is 0.565. The molecule has 5 nitrogen and oxygen atoms in total. The molecule has 2 heterocycles. The van der Waals surface area contributed by atoms with Gasteiger partial charge in [-0.2, -0.15) is 0 Å². The highest BCUT2D eigenvalue weighted by Crippen LogP contribution is 2.39. The van der Waals surface area contributed by atoms with Crippen LogP contribution >= 0.6 is 11.3 Å². The smallest absolute Gasteiger partial charge is 0.264 e. The molecule has 0 bridgehead atoms. The van der Waals surface area contributed by atoms with Gasteiger partial charge in [0, 0.05) is 25.9 Å². The molecule has 1 aliphatic heterocycles. The Bertz CT molecular complexity index is 542. The van der Waals surface area contributed by atoms with Crippen LogP contribution < -0.4 is 5.32 Å². The van der Waals surface area contributed by atoms with Crippen LogP contribution in [0.2, 0.25) is 0 Å². The summed E-state index contributed by atoms with van der Waals surface area (Å²) >= 11 is 1.30. The van der Waals surface area contributed by atoms with E-state index in [4.69, 9.17) is 0 Å². The van der Waals surface area contributed by atoms with E-state index >= 15 is 0 Å². The monoisotopic (exact) mass is 294 g/mol. The number of hydrogen-bond acceptors (Lipinski definition) is 4. The van der Waals surface area contributed by atoms with Crippen LogP contribution in [-0.4, -0.2) is 41.0 Å². The summed E-state index contributed by atoms with van der Waals surface area (Å²) in [7, 11) is 0. The molecule has 3 unspecified atom stereocenters. The number of thiophene rings is 1. The van der Waals surface area contributed by atoms with Gasteiger partial charge >= 0.3 is 0 Å². The maximum absolute atomic E-state index is 12.4. The fourth-order valence-corrected chi connectivity index (χ4v) is 4.17. The average molecular weight is 294 g/mol. The Morgan fingerprint density at radius 2 is 2.15 bits per heavy atom. The molecule has 6 heteroatoms. The number of carbonyl (C=O) groups is 2. The quantitative estimate of drug-likeness (QED) is 0.869. The standard InChI is InChI=1S/C14H18N2O3S/c1-8(17)15-13-5-4-12(20-13)14(19)16-6-9-2-3-11(18)10(9)7-16/h4-5,9-11,18H,2-3,6-7H2,1H3,(H,15,17). The summed E-state index contributed by atoms with van der Waals surface area (Å²) in [4.78, 5) is 25.9. The predicted octanol–water partition coefficient (Wildman–Crippen LogP) is 1.55. The fourth-order valence-electron chi connectivity index (χ4n) is 3.25. The van der Waals surface area contributed by atoms with E-state index in [0.29, 0.717) is 22.3 Å². The number of aliphatic hydroxyl groups is 1. The molecule has 1 aliphatic carbocycles. The lowest BCUT2D eigenvalue weighted by atomic mass is 10.00. The van der Waals surface area contributed by atoms with Crippen molar-refractivity contribution in [2.24, 2.45) is 11.8 Å². The number of hydrogen-bond donors (Lipinski definition) is 2. The lowest BCUT2D eigenvalue weighted by molar-refractivity contribution is -0.114. The minimum atomic E-state index is -0.254. The van der Waals surface area contributed by atoms with E-state index in [1.807, 2.05) is 4.90 Å². The Labute approximate surface area is 121 Å². The third kappa shape index (κ3) is 2.45. The van der Waals surface area contributed by atoms with Crippen LogP contribution in [0.5, 0.6) is 0 Å². The van der Waals surface area contributed by atoms with Crippen LogP contribution in [0.3, 0.4) is 0 Å². The zero-order valence-electron chi connectivity index (χ0n) is 11.3. The summed E-state index contributed by atoms with van der Waals surface area (Å²) < 4.78 is 0. The summed E-state index contributed by atoms with van der Waals surface area (Å²) in [6, 6.07) is 3.51. The Morgan fingerprint density at radius 3 is 2.85 bits per heavy atom. The second-order valence-electron chi connectivity index (χ2n) is 5.62. The van der Waals surface area contributed by atoms with Crippen LogP contribution in [0.4, 0.5) is 5.00 Å². The number of nitrogens with one attached hydrogen (secondary N) is 1. The third-order valence-electron chi connectivity index (χ3n) is 4.22. The molecule has 0 radical (unpaired) electrons. The normalized spacial score (nSPS) is 28.5. The van der Waals surface area contributed by atoms with Crippen LogP contribution in [0, 0.1) is 11.8 Å². The van der Waals surface area contributed by atoms with Gasteiger partial charge in [0.15, 0.2) is 0 Å². The van der Waals surface area contributed by atoms with Gasteiger partial charge < -0.3 is 15.3 Å². The van der Waals surface area contributed by atoms with Crippen LogP contribution in [0.25, 0.3) is 0 Å². The summed E-state index contributed by atoms with van der Waals surface area (Å²) in [6.07, 6.45) is 1.62. The second-order valence-corrected chi connectivity index (χ2v) is 6.71. The van der Waals surface area contributed by atoms with Crippen LogP contribution in [0.15, 0.2) is 12.1 Å². The SMILES string of the molecule is CC(=O)Nc1ccc(C(=O)N2CC3CCC(O)C3C2)s1. The molecule has 2 aliphatic rings. The maximum atomic E-state index is 12.4. The van der Waals surface area contributed by atoms with E-state index < -0.39 is 0 Å². The number of nitrogens with zero attached hydrogens (tertiary/aromatic N) is 1. The van der Waals surface area contributed by atoms with Gasteiger partial charge in [0.25, 0.3) is 5.91 Å². The van der Waals surface area contributed by atoms with E-state index in [2.05, 4.69) is 5.32 Å². The number of aliphatic hydroxyl groups excluding tert-OH is 1. The Morgan fingerprint density at radius 1 is 1.35 bits per heavy atom. The molecule has 1 aromatic heterocycles. The predicted molar refractivity (Wildman–Crippen MR) is 76.7 cm³/mol. The molecule has 1 saturated heterocycles. The van der Waals surface area contributed by atoms with Gasteiger partial charge in [-0.25, -0.2) is 0 Å². The topological polar surface area (TPSA) is 69.6 Å². The van der Waals surface area contributed by atoms with Gasteiger partial charge in [-0.3, -0.25) is 9.59 Å². The fraction of sp³-hybridized carbons (Fsp3) is 0.571. The molecular formula is C14H18N2O3S. The van der Waals surface area contributed by atoms with E-state index in [1.165, 1.54) is 18.3 Å². The van der Waals surface area contributed by atoms with Crippen molar-refractivity contribution in [3.8, 4) is 0 Å². The van der Waals surface area contributed by atoms with Gasteiger partial charge in [0.1, 0.15) is 0 Å². The number of carbonyl (C=O) groups excluding carboxylic acids is 2. The molecular weight excluding hydrogens is 276 g/mol. The zero-order chi connectivity index (χ0) is 14.3. The number of likely N-dealkylation sites (tertiary alicyclic amines) is 1. The summed E-state index contributed by atoms with van der Waals surface area (Å²) in [5.41, 5.74) is 0. The van der Waals surface area contributed by atoms with Crippen molar-refractivity contribution >= 4 is 28.2 Å². The number of anilines is 1. The van der Waals surface area contributed by atoms with Crippen molar-refractivity contribution in [2.45, 2.75) is 25.9 Å². The van der Waals surface area contributed by atoms with Crippen molar-refractivity contribution in [3.05, 3.63) is 17.0 Å². The van der Waals surface area contributed by atoms with Gasteiger partial charge in [-0.05, 0) is 30.9 Å². The molecule has 2 fully saturated rings. The van der Waals surface area contributed by atoms with Gasteiger partial charge in [0.05, 0.1) is 16.0 Å². The average Bonchev–Trinajstić information content (AvgIpc) is 3.06. The van der Waals surface area contributed by atoms with E-state index in [-0.39, 0.29) is 23.8 Å². The second kappa shape index (κ2) is 5.18. The number of fused-ring (bicyclic) bond motifs is 1. The lowest BCUT2D eigenvalue weighted by Crippen LogP contribution is -2.30. The van der Waals surface area contributed by atoms with Gasteiger partial charge in [-0.1, -0.05) is 0 Å². The van der Waals surface area contributed by atoms with Crippen LogP contribution in [-0.2, 0) is 4.79 Å². The molecule has 0 spiro atoms. The minimum Gasteiger partial charge on any atom is -0.393 e. The van der Waals surface area contributed by atoms with Crippen molar-refractivity contribution in [3.63, 3.8) is 0 Å². The highest BCUT2D eigenvalue weighted by molar-refractivity contribution is 7.18. The van der Waals surface area contributed by atoms with Crippen molar-refractivity contribution in [1.29, 1.82) is 0 Å². The highest BCUT2D eigenvalue weighted by atomic mass is 32.1. The molecule has 2 amide bonds. The van der Waals surface area contributed by atoms with E-state index in [0.717, 1.165) is 19.4 Å². The molecule has 3 atom stereocenters. The highest BCUT2D eigenvalue weighted by Gasteiger charge is 2.43. The molecule has 108 valence electrons. The first kappa shape index (κ1) is 13.6. The summed E-state index contributed by atoms with van der Waals surface area (Å²) in [6.45, 7) is 2.84. The summed E-state index contributed by atoms with van der Waals surface area (Å²) in [5, 5.41) is 13.3. The van der Waals surface area contributed by atoms with Gasteiger partial charge in [-0.15, -0.1) is 11.3 Å². The Balaban J connectivity index is 1.68. The number of rotatable bonds is 2. The lowest BCUT2D eigenvalue weighted by Gasteiger charge is -2.17. The minimum absolute atomic E-state index is 0.00759. The Kier molecular flexibility index (Phi) is 3.52. The molecule has 1 saturated carbocycles. The largest absolute Gasteiger partial charge is 0.393 e. The molecule has 1 aromatic rings. The third-order valence-corrected chi connectivity index (χ3v) is 5.21. The number of amides is 2. The van der Waals surface area contributed by atoms with Crippen molar-refractivity contribution < 1.29 is 14.7 Å². The first-order valence-electron chi connectivity index (χ1n) is 6.89. The maximum Gasteiger partial charge on any atom is 0.264 e. The molecule has 0 aromatic carbocycles. The van der Waals surface area contributed by atoms with E-state index in [9.17, 15) is 14.7 Å². The first-order chi connectivity index (χ1) is 9.54.